The highest BCUT2D eigenvalue weighted by Gasteiger charge is 2.19. The van der Waals surface area contributed by atoms with Crippen molar-refractivity contribution in [1.82, 2.24) is 5.32 Å². The standard InChI is InChI=1S/C9H18N2O/c1-2-9(12)11-8-5-3-4-7(10)6-8/h7-8H,2-6,10H2,1H3,(H,11,12). The maximum atomic E-state index is 11.0. The van der Waals surface area contributed by atoms with E-state index in [0.717, 1.165) is 25.7 Å². The molecule has 1 aliphatic rings. The van der Waals surface area contributed by atoms with Crippen molar-refractivity contribution in [1.29, 1.82) is 0 Å². The molecule has 0 bridgehead atoms. The van der Waals surface area contributed by atoms with Crippen LogP contribution in [0.15, 0.2) is 0 Å². The van der Waals surface area contributed by atoms with Crippen molar-refractivity contribution < 1.29 is 4.79 Å². The summed E-state index contributed by atoms with van der Waals surface area (Å²) in [5, 5.41) is 2.98. The van der Waals surface area contributed by atoms with Crippen LogP contribution in [0.5, 0.6) is 0 Å². The molecule has 1 rings (SSSR count). The van der Waals surface area contributed by atoms with Gasteiger partial charge >= 0.3 is 0 Å². The first-order valence-corrected chi connectivity index (χ1v) is 4.77. The van der Waals surface area contributed by atoms with Crippen LogP contribution >= 0.6 is 0 Å². The van der Waals surface area contributed by atoms with Crippen LogP contribution in [-0.4, -0.2) is 18.0 Å². The number of hydrogen-bond donors (Lipinski definition) is 2. The van der Waals surface area contributed by atoms with Gasteiger partial charge in [0.15, 0.2) is 0 Å². The van der Waals surface area contributed by atoms with Crippen LogP contribution in [0.25, 0.3) is 0 Å². The van der Waals surface area contributed by atoms with Crippen molar-refractivity contribution in [3.63, 3.8) is 0 Å². The van der Waals surface area contributed by atoms with Crippen LogP contribution < -0.4 is 11.1 Å². The quantitative estimate of drug-likeness (QED) is 0.643. The molecule has 0 aromatic rings. The van der Waals surface area contributed by atoms with Gasteiger partial charge in [-0.3, -0.25) is 4.79 Å². The zero-order chi connectivity index (χ0) is 8.97. The second-order valence-electron chi connectivity index (χ2n) is 3.54. The number of amides is 1. The van der Waals surface area contributed by atoms with Gasteiger partial charge in [-0.15, -0.1) is 0 Å². The van der Waals surface area contributed by atoms with E-state index >= 15 is 0 Å². The Morgan fingerprint density at radius 1 is 1.58 bits per heavy atom. The maximum Gasteiger partial charge on any atom is 0.219 e. The lowest BCUT2D eigenvalue weighted by molar-refractivity contribution is -0.121. The monoisotopic (exact) mass is 170 g/mol. The summed E-state index contributed by atoms with van der Waals surface area (Å²) in [5.41, 5.74) is 5.79. The lowest BCUT2D eigenvalue weighted by atomic mass is 9.91. The molecule has 3 N–H and O–H groups in total. The molecule has 3 nitrogen and oxygen atoms in total. The van der Waals surface area contributed by atoms with Crippen LogP contribution in [0.1, 0.15) is 39.0 Å². The summed E-state index contributed by atoms with van der Waals surface area (Å²) in [6, 6.07) is 0.627. The van der Waals surface area contributed by atoms with Crippen molar-refractivity contribution >= 4 is 5.91 Å². The van der Waals surface area contributed by atoms with Gasteiger partial charge in [-0.25, -0.2) is 0 Å². The highest BCUT2D eigenvalue weighted by molar-refractivity contribution is 5.75. The third-order valence-electron chi connectivity index (χ3n) is 2.40. The van der Waals surface area contributed by atoms with E-state index in [1.54, 1.807) is 0 Å². The summed E-state index contributed by atoms with van der Waals surface area (Å²) >= 11 is 0. The first-order chi connectivity index (χ1) is 5.72. The van der Waals surface area contributed by atoms with Gasteiger partial charge in [0.05, 0.1) is 0 Å². The van der Waals surface area contributed by atoms with Gasteiger partial charge in [-0.05, 0) is 25.7 Å². The van der Waals surface area contributed by atoms with Gasteiger partial charge in [0.2, 0.25) is 5.91 Å². The molecular weight excluding hydrogens is 152 g/mol. The molecule has 1 aliphatic carbocycles. The molecule has 0 aliphatic heterocycles. The molecule has 0 spiro atoms. The molecule has 0 radical (unpaired) electrons. The Kier molecular flexibility index (Phi) is 3.53. The maximum absolute atomic E-state index is 11.0. The average molecular weight is 170 g/mol. The lowest BCUT2D eigenvalue weighted by Crippen LogP contribution is -2.41. The van der Waals surface area contributed by atoms with Gasteiger partial charge < -0.3 is 11.1 Å². The Morgan fingerprint density at radius 2 is 2.33 bits per heavy atom. The predicted octanol–water partition coefficient (Wildman–Crippen LogP) is 0.783. The molecular formula is C9H18N2O. The number of carbonyl (C=O) groups is 1. The summed E-state index contributed by atoms with van der Waals surface area (Å²) in [6.45, 7) is 1.87. The fourth-order valence-electron chi connectivity index (χ4n) is 1.69. The normalized spacial score (nSPS) is 29.8. The Bertz CT molecular complexity index is 159. The number of nitrogens with two attached hydrogens (primary N) is 1. The van der Waals surface area contributed by atoms with E-state index in [1.807, 2.05) is 6.92 Å². The van der Waals surface area contributed by atoms with Crippen molar-refractivity contribution in [2.75, 3.05) is 0 Å². The number of rotatable bonds is 2. The minimum Gasteiger partial charge on any atom is -0.353 e. The topological polar surface area (TPSA) is 55.1 Å². The third-order valence-corrected chi connectivity index (χ3v) is 2.40. The van der Waals surface area contributed by atoms with Gasteiger partial charge in [0.25, 0.3) is 0 Å². The molecule has 3 heteroatoms. The van der Waals surface area contributed by atoms with Crippen LogP contribution in [-0.2, 0) is 4.79 Å². The summed E-state index contributed by atoms with van der Waals surface area (Å²) in [6.07, 6.45) is 4.88. The van der Waals surface area contributed by atoms with Crippen LogP contribution in [0, 0.1) is 0 Å². The van der Waals surface area contributed by atoms with Gasteiger partial charge in [-0.2, -0.15) is 0 Å². The Balaban J connectivity index is 2.27. The largest absolute Gasteiger partial charge is 0.353 e. The van der Waals surface area contributed by atoms with Crippen molar-refractivity contribution in [2.45, 2.75) is 51.1 Å². The smallest absolute Gasteiger partial charge is 0.219 e. The molecule has 0 aromatic carbocycles. The average Bonchev–Trinajstić information content (AvgIpc) is 2.04. The van der Waals surface area contributed by atoms with E-state index in [2.05, 4.69) is 5.32 Å². The molecule has 70 valence electrons. The first-order valence-electron chi connectivity index (χ1n) is 4.77. The molecule has 0 aromatic heterocycles. The van der Waals surface area contributed by atoms with E-state index in [9.17, 15) is 4.79 Å². The molecule has 1 fully saturated rings. The first kappa shape index (κ1) is 9.52. The van der Waals surface area contributed by atoms with E-state index < -0.39 is 0 Å². The van der Waals surface area contributed by atoms with E-state index in [0.29, 0.717) is 18.5 Å². The minimum atomic E-state index is 0.147. The number of nitrogens with one attached hydrogen (secondary N) is 1. The van der Waals surface area contributed by atoms with Crippen LogP contribution in [0.3, 0.4) is 0 Å². The van der Waals surface area contributed by atoms with E-state index in [1.165, 1.54) is 0 Å². The minimum absolute atomic E-state index is 0.147. The van der Waals surface area contributed by atoms with E-state index in [-0.39, 0.29) is 5.91 Å². The molecule has 1 saturated carbocycles. The van der Waals surface area contributed by atoms with Crippen molar-refractivity contribution in [3.8, 4) is 0 Å². The summed E-state index contributed by atoms with van der Waals surface area (Å²) in [4.78, 5) is 11.0. The second-order valence-corrected chi connectivity index (χ2v) is 3.54. The molecule has 0 heterocycles. The Labute approximate surface area is 73.7 Å². The fourth-order valence-corrected chi connectivity index (χ4v) is 1.69. The predicted molar refractivity (Wildman–Crippen MR) is 48.7 cm³/mol. The summed E-state index contributed by atoms with van der Waals surface area (Å²) in [7, 11) is 0. The fraction of sp³-hybridized carbons (Fsp3) is 0.889. The van der Waals surface area contributed by atoms with Gasteiger partial charge in [-0.1, -0.05) is 6.92 Å². The van der Waals surface area contributed by atoms with Crippen LogP contribution in [0.2, 0.25) is 0 Å². The Hall–Kier alpha value is -0.570. The summed E-state index contributed by atoms with van der Waals surface area (Å²) in [5.74, 6) is 0.147. The molecule has 2 atom stereocenters. The van der Waals surface area contributed by atoms with Gasteiger partial charge in [0, 0.05) is 18.5 Å². The second kappa shape index (κ2) is 4.45. The van der Waals surface area contributed by atoms with E-state index in [4.69, 9.17) is 5.73 Å². The number of hydrogen-bond acceptors (Lipinski definition) is 2. The molecule has 12 heavy (non-hydrogen) atoms. The molecule has 2 unspecified atom stereocenters. The van der Waals surface area contributed by atoms with Crippen molar-refractivity contribution in [2.24, 2.45) is 5.73 Å². The highest BCUT2D eigenvalue weighted by atomic mass is 16.1. The van der Waals surface area contributed by atoms with Crippen molar-refractivity contribution in [3.05, 3.63) is 0 Å². The Morgan fingerprint density at radius 3 is 2.92 bits per heavy atom. The van der Waals surface area contributed by atoms with Gasteiger partial charge in [0.1, 0.15) is 0 Å². The third kappa shape index (κ3) is 2.81. The summed E-state index contributed by atoms with van der Waals surface area (Å²) < 4.78 is 0. The van der Waals surface area contributed by atoms with Crippen LogP contribution in [0.4, 0.5) is 0 Å². The molecule has 1 amide bonds. The zero-order valence-corrected chi connectivity index (χ0v) is 7.68. The molecule has 0 saturated heterocycles. The SMILES string of the molecule is CCC(=O)NC1CCCC(N)C1. The zero-order valence-electron chi connectivity index (χ0n) is 7.68. The lowest BCUT2D eigenvalue weighted by Gasteiger charge is -2.27. The number of carbonyl (C=O) groups excluding carboxylic acids is 1. The highest BCUT2D eigenvalue weighted by Crippen LogP contribution is 2.16.